The van der Waals surface area contributed by atoms with Gasteiger partial charge in [0.05, 0.1) is 76.6 Å². The first kappa shape index (κ1) is 101. The highest BCUT2D eigenvalue weighted by molar-refractivity contribution is 7.99. The van der Waals surface area contributed by atoms with Crippen molar-refractivity contribution in [3.05, 3.63) is 32.9 Å². The normalized spacial score (nSPS) is 39.6. The number of hydrogen-bond donors (Lipinski definition) is 23. The number of Topliss-reactive ketones (excluding diaryl/α,β-unsaturated/α-hetero) is 2. The smallest absolute Gasteiger partial charge is 0.331 e. The average Bonchev–Trinajstić information content (AvgIpc) is 0.784. The minimum absolute atomic E-state index is 0.0311. The number of hydrogen-bond acceptors (Lipinski definition) is 46. The molecule has 21 saturated heterocycles. The van der Waals surface area contributed by atoms with Crippen LogP contribution >= 0.6 is 23.5 Å². The fraction of sp³-hybridized carbons (Fsp3) is 0.873. The van der Waals surface area contributed by atoms with E-state index in [-0.39, 0.29) is 68.8 Å². The summed E-state index contributed by atoms with van der Waals surface area (Å²) in [5.41, 5.74) is -2.26. The Labute approximate surface area is 703 Å². The second kappa shape index (κ2) is 48.3. The Hall–Kier alpha value is -4.38. The first-order chi connectivity index (χ1) is 58.2. The zero-order valence-corrected chi connectivity index (χ0v) is 68.1. The van der Waals surface area contributed by atoms with Crippen molar-refractivity contribution >= 4 is 52.9 Å². The lowest BCUT2D eigenvalue weighted by Crippen LogP contribution is -2.68. The van der Waals surface area contributed by atoms with E-state index in [1.165, 1.54) is 14.0 Å². The molecule has 22 rings (SSSR count). The van der Waals surface area contributed by atoms with E-state index in [2.05, 4.69) is 16.0 Å². The molecule has 0 aromatic carbocycles. The van der Waals surface area contributed by atoms with Gasteiger partial charge in [-0.2, -0.15) is 27.9 Å². The lowest BCUT2D eigenvalue weighted by molar-refractivity contribution is -0.395. The molecule has 37 atom stereocenters. The van der Waals surface area contributed by atoms with E-state index in [1.54, 1.807) is 11.9 Å². The van der Waals surface area contributed by atoms with E-state index in [9.17, 15) is 135 Å². The number of aliphatic hydroxyl groups excluding tert-OH is 19. The molecule has 122 heavy (non-hydrogen) atoms. The van der Waals surface area contributed by atoms with E-state index in [0.29, 0.717) is 30.0 Å². The second-order valence-electron chi connectivity index (χ2n) is 30.2. The van der Waals surface area contributed by atoms with Gasteiger partial charge in [-0.3, -0.25) is 38.3 Å². The molecule has 0 radical (unpaired) electrons. The molecule has 21 aliphatic rings. The van der Waals surface area contributed by atoms with Crippen molar-refractivity contribution in [1.82, 2.24) is 25.5 Å². The first-order valence-corrected chi connectivity index (χ1v) is 42.0. The van der Waals surface area contributed by atoms with Gasteiger partial charge < -0.3 is 194 Å². The van der Waals surface area contributed by atoms with Crippen LogP contribution in [0.3, 0.4) is 0 Å². The van der Waals surface area contributed by atoms with E-state index in [0.717, 1.165) is 23.5 Å². The van der Waals surface area contributed by atoms with Crippen LogP contribution in [0.1, 0.15) is 52.4 Å². The van der Waals surface area contributed by atoms with E-state index in [4.69, 9.17) is 80.5 Å². The summed E-state index contributed by atoms with van der Waals surface area (Å²) in [6, 6.07) is -1.00. The summed E-state index contributed by atoms with van der Waals surface area (Å²) < 4.78 is 114. The average molecular weight is 1810 g/mol. The summed E-state index contributed by atoms with van der Waals surface area (Å²) in [5.74, 6) is -6.13. The second-order valence-corrected chi connectivity index (χ2v) is 32.3. The molecule has 0 spiro atoms. The molecule has 23 N–H and O–H groups in total. The maximum atomic E-state index is 13.7. The van der Waals surface area contributed by atoms with Gasteiger partial charge in [0.15, 0.2) is 62.3 Å². The number of amides is 2. The number of thioether (sulfide) groups is 2. The Morgan fingerprint density at radius 3 is 1.16 bits per heavy atom. The van der Waals surface area contributed by atoms with Crippen LogP contribution in [0.15, 0.2) is 15.8 Å². The highest BCUT2D eigenvalue weighted by Crippen LogP contribution is 2.40. The van der Waals surface area contributed by atoms with Gasteiger partial charge in [0.1, 0.15) is 172 Å². The molecule has 14 unspecified atom stereocenters. The van der Waals surface area contributed by atoms with Gasteiger partial charge in [-0.15, -0.1) is 0 Å². The molecule has 51 heteroatoms. The van der Waals surface area contributed by atoms with Crippen molar-refractivity contribution in [3.8, 4) is 0 Å². The van der Waals surface area contributed by atoms with Gasteiger partial charge >= 0.3 is 11.7 Å². The number of aliphatic hydroxyl groups is 19. The molecule has 2 amide bonds. The molecule has 1 aromatic rings. The number of ketones is 2. The van der Waals surface area contributed by atoms with Gasteiger partial charge in [0.25, 0.3) is 5.56 Å². The molecular formula is C71H114FN5O43S2. The number of carbonyl (C=O) groups is 5. The number of carbonyl (C=O) groups excluding carboxylic acids is 5. The third kappa shape index (κ3) is 25.8. The van der Waals surface area contributed by atoms with E-state index >= 15 is 0 Å². The van der Waals surface area contributed by atoms with Crippen LogP contribution in [0.5, 0.6) is 0 Å². The van der Waals surface area contributed by atoms with Crippen molar-refractivity contribution in [3.63, 3.8) is 0 Å². The molecule has 700 valence electrons. The maximum absolute atomic E-state index is 13.7. The summed E-state index contributed by atoms with van der Waals surface area (Å²) in [6.45, 7) is -3.71. The van der Waals surface area contributed by atoms with Gasteiger partial charge in [-0.25, -0.2) is 4.79 Å². The molecule has 21 fully saturated rings. The molecule has 0 saturated carbocycles. The van der Waals surface area contributed by atoms with Crippen molar-refractivity contribution in [2.45, 2.75) is 280 Å². The van der Waals surface area contributed by atoms with Crippen molar-refractivity contribution < 1.29 is 206 Å². The summed E-state index contributed by atoms with van der Waals surface area (Å²) in [6.07, 6.45) is -71.8. The fourth-order valence-electron chi connectivity index (χ4n) is 14.5. The van der Waals surface area contributed by atoms with Crippen LogP contribution in [-0.4, -0.2) is 460 Å². The van der Waals surface area contributed by atoms with Crippen LogP contribution in [0.4, 0.5) is 4.39 Å². The number of nitrogens with one attached hydrogen (secondary N) is 4. The Morgan fingerprint density at radius 2 is 0.811 bits per heavy atom. The number of rotatable bonds is 35. The Balaban J connectivity index is 0.962. The lowest BCUT2D eigenvalue weighted by Gasteiger charge is -2.50. The zero-order valence-electron chi connectivity index (χ0n) is 66.4. The summed E-state index contributed by atoms with van der Waals surface area (Å²) in [4.78, 5) is 89.2. The summed E-state index contributed by atoms with van der Waals surface area (Å²) in [7, 11) is 1.44. The highest BCUT2D eigenvalue weighted by Gasteiger charge is 2.60. The minimum atomic E-state index is -2.32. The number of ether oxygens (including phenoxy) is 17. The Bertz CT molecular complexity index is 3530. The number of H-pyrrole nitrogens is 1. The quantitative estimate of drug-likeness (QED) is 0.0222. The molecule has 14 bridgehead atoms. The predicted molar refractivity (Wildman–Crippen MR) is 399 cm³/mol. The van der Waals surface area contributed by atoms with Gasteiger partial charge in [0, 0.05) is 48.9 Å². The number of aromatic nitrogens is 2. The number of likely N-dealkylation sites (N-methyl/N-ethyl adjacent to an activating group) is 1. The van der Waals surface area contributed by atoms with E-state index < -0.39 is 326 Å². The molecule has 1 aromatic heterocycles. The first-order valence-electron chi connectivity index (χ1n) is 39.7. The van der Waals surface area contributed by atoms with Crippen LogP contribution < -0.4 is 27.2 Å². The predicted octanol–water partition coefficient (Wildman–Crippen LogP) is -13.6. The summed E-state index contributed by atoms with van der Waals surface area (Å²) >= 11 is 1.85. The number of esters is 1. The highest BCUT2D eigenvalue weighted by atomic mass is 32.2. The zero-order chi connectivity index (χ0) is 89.1. The monoisotopic (exact) mass is 1810 g/mol. The number of unbranched alkanes of at least 4 members (excludes halogenated alkanes) is 2. The van der Waals surface area contributed by atoms with E-state index in [1.807, 2.05) is 0 Å². The molecule has 22 heterocycles. The van der Waals surface area contributed by atoms with Crippen molar-refractivity contribution in [2.24, 2.45) is 5.92 Å². The number of aromatic amines is 1. The summed E-state index contributed by atoms with van der Waals surface area (Å²) in [5, 5.41) is 228. The maximum Gasteiger partial charge on any atom is 0.331 e. The third-order valence-corrected chi connectivity index (χ3v) is 23.6. The molecule has 21 aliphatic heterocycles. The topological polar surface area (TPSA) is 718 Å². The molecule has 48 nitrogen and oxygen atoms in total. The Kier molecular flexibility index (Phi) is 40.1. The standard InChI is InChI=1S/C71H114FN5O43S2/c1-4-9-74-61(100)28(13-29(84)21-105-12-11-104-20-27(2)83)22-121-24-37-59-45(91)52(98)69(112-37)117-57-35(18-81)108-66(48(94)41(57)87)116-56-34(17-80)111-68(51(97)44(56)90)120-60-38(25-122-23-31(73-3)63(102)75-10-7-5-6-8-39(85)106-26-77-14-30(72)62(101)76-71(77)103)113-70(53(99)46(60)92)118-58-36(19-82)109-65(49(95)42(58)88)114-54-32(15-78)107-64(47(93)40(54)86)115-55-33(16-79)110-67(119-59)50(96)43(55)89/h14,28,31-38,40-60,64-70,73,78-82,86-99H,4-13,15-26H2,1-3H3,(H,74,100)(H,75,102)(H,76,101,103)/t28-,31-,32?,33?,34?,35?,36?,37?,38?,40-,41-,42-,43-,44-,45-,46-,47?,48?,49?,50?,51?,52?,53?,54+,55+,56+,57+,58+,59+,60+,64+,65+,66-,67+,68-,69+,70+/m1/s1. The third-order valence-electron chi connectivity index (χ3n) is 21.3. The van der Waals surface area contributed by atoms with Crippen LogP contribution in [0.2, 0.25) is 0 Å². The number of nitrogens with zero attached hydrogens (tertiary/aromatic N) is 1. The van der Waals surface area contributed by atoms with Gasteiger partial charge in [-0.05, 0) is 33.2 Å². The Morgan fingerprint density at radius 1 is 0.467 bits per heavy atom. The number of halogens is 1. The SMILES string of the molecule is CCCNC(=O)[C@@H](CSCC1O[C@H]2O[C@H]3C(CO)O[C@H](O[C@H]4C(CO)O[C@H](O[C@H]5C(CSC[C@@H](NC)C(=O)NCCCCCC(=O)OCn6cc(F)c(=O)[nH]c6=O)O[C@@H](O[C@H]6C(CO)O[C@@H](O[C@H]7C(CO)O[C@@H](O[C@H]8C(CO)O[C@@H](O[C@@H]1[C@H](O)C2O)C(O)[C@H]8O)C(O)[C@H]7O)C(O)[C@H]6O)C(O)[C@H]5O)C(O)[C@H]4O)C(O)[C@H]3O)CC(=O)COCCOCC(C)=O. The fourth-order valence-corrected chi connectivity index (χ4v) is 16.9. The van der Waals surface area contributed by atoms with Crippen LogP contribution in [-0.2, 0) is 111 Å². The van der Waals surface area contributed by atoms with Crippen LogP contribution in [0.25, 0.3) is 0 Å². The largest absolute Gasteiger partial charge is 0.444 e. The molecular weight excluding hydrogens is 1690 g/mol. The van der Waals surface area contributed by atoms with Gasteiger partial charge in [0.2, 0.25) is 17.6 Å². The van der Waals surface area contributed by atoms with Crippen molar-refractivity contribution in [2.75, 3.05) is 103 Å². The van der Waals surface area contributed by atoms with Crippen LogP contribution in [0, 0.1) is 11.7 Å². The van der Waals surface area contributed by atoms with Gasteiger partial charge in [-0.1, -0.05) is 13.3 Å². The minimum Gasteiger partial charge on any atom is -0.444 e. The lowest BCUT2D eigenvalue weighted by atomic mass is 9.95. The molecule has 0 aliphatic carbocycles. The van der Waals surface area contributed by atoms with Crippen molar-refractivity contribution in [1.29, 1.82) is 0 Å².